The number of halogens is 3. The molecule has 2 rings (SSSR count). The normalized spacial score (nSPS) is 10.5. The molecule has 0 spiro atoms. The molecular formula is C11H7ClF2N2. The summed E-state index contributed by atoms with van der Waals surface area (Å²) in [5, 5.41) is -0.00196. The van der Waals surface area contributed by atoms with Crippen LogP contribution in [0.1, 0.15) is 5.56 Å². The van der Waals surface area contributed by atoms with Gasteiger partial charge in [-0.2, -0.15) is 0 Å². The van der Waals surface area contributed by atoms with Gasteiger partial charge < -0.3 is 0 Å². The number of rotatable bonds is 1. The largest absolute Gasteiger partial charge is 0.226 e. The molecule has 2 aromatic rings. The van der Waals surface area contributed by atoms with Gasteiger partial charge in [0.1, 0.15) is 0 Å². The summed E-state index contributed by atoms with van der Waals surface area (Å²) in [6, 6.07) is 4.43. The van der Waals surface area contributed by atoms with Crippen molar-refractivity contribution in [3.8, 4) is 11.3 Å². The van der Waals surface area contributed by atoms with Crippen LogP contribution in [0.25, 0.3) is 11.3 Å². The first-order valence-electron chi connectivity index (χ1n) is 4.53. The number of nitrogens with zero attached hydrogens (tertiary/aromatic N) is 2. The molecule has 1 aromatic carbocycles. The van der Waals surface area contributed by atoms with Crippen LogP contribution in [0.2, 0.25) is 5.28 Å². The van der Waals surface area contributed by atoms with Crippen LogP contribution in [0.4, 0.5) is 8.78 Å². The number of benzene rings is 1. The SMILES string of the molecule is Cc1ccc(-c2ccnc(Cl)n2)c(F)c1F. The molecule has 0 N–H and O–H groups in total. The highest BCUT2D eigenvalue weighted by Gasteiger charge is 2.13. The fourth-order valence-corrected chi connectivity index (χ4v) is 1.48. The zero-order valence-electron chi connectivity index (χ0n) is 8.34. The van der Waals surface area contributed by atoms with Gasteiger partial charge in [-0.3, -0.25) is 0 Å². The summed E-state index contributed by atoms with van der Waals surface area (Å²) in [5.74, 6) is -1.79. The Morgan fingerprint density at radius 3 is 2.56 bits per heavy atom. The third-order valence-electron chi connectivity index (χ3n) is 2.18. The Bertz CT molecular complexity index is 544. The standard InChI is InChI=1S/C11H7ClF2N2/c1-6-2-3-7(10(14)9(6)13)8-4-5-15-11(12)16-8/h2-5H,1H3. The maximum absolute atomic E-state index is 13.6. The first-order chi connectivity index (χ1) is 7.59. The van der Waals surface area contributed by atoms with Crippen molar-refractivity contribution in [2.75, 3.05) is 0 Å². The summed E-state index contributed by atoms with van der Waals surface area (Å²) < 4.78 is 26.9. The summed E-state index contributed by atoms with van der Waals surface area (Å²) in [7, 11) is 0. The fourth-order valence-electron chi connectivity index (χ4n) is 1.33. The molecule has 0 aliphatic carbocycles. The van der Waals surface area contributed by atoms with E-state index < -0.39 is 11.6 Å². The Morgan fingerprint density at radius 1 is 1.12 bits per heavy atom. The van der Waals surface area contributed by atoms with Crippen molar-refractivity contribution in [1.29, 1.82) is 0 Å². The van der Waals surface area contributed by atoms with Gasteiger partial charge in [0, 0.05) is 11.8 Å². The van der Waals surface area contributed by atoms with Gasteiger partial charge in [-0.15, -0.1) is 0 Å². The van der Waals surface area contributed by atoms with Crippen molar-refractivity contribution >= 4 is 11.6 Å². The van der Waals surface area contributed by atoms with E-state index in [4.69, 9.17) is 11.6 Å². The van der Waals surface area contributed by atoms with E-state index in [9.17, 15) is 8.78 Å². The van der Waals surface area contributed by atoms with Crippen LogP contribution >= 0.6 is 11.6 Å². The number of aromatic nitrogens is 2. The lowest BCUT2D eigenvalue weighted by Crippen LogP contribution is -1.95. The van der Waals surface area contributed by atoms with Crippen LogP contribution < -0.4 is 0 Å². The van der Waals surface area contributed by atoms with Gasteiger partial charge in [-0.25, -0.2) is 18.7 Å². The molecule has 5 heteroatoms. The highest BCUT2D eigenvalue weighted by Crippen LogP contribution is 2.24. The van der Waals surface area contributed by atoms with Crippen LogP contribution in [0.15, 0.2) is 24.4 Å². The quantitative estimate of drug-likeness (QED) is 0.714. The third-order valence-corrected chi connectivity index (χ3v) is 2.36. The lowest BCUT2D eigenvalue weighted by molar-refractivity contribution is 0.505. The molecule has 82 valence electrons. The van der Waals surface area contributed by atoms with Crippen LogP contribution in [0.3, 0.4) is 0 Å². The van der Waals surface area contributed by atoms with Crippen LogP contribution in [0.5, 0.6) is 0 Å². The van der Waals surface area contributed by atoms with Gasteiger partial charge in [-0.1, -0.05) is 6.07 Å². The lowest BCUT2D eigenvalue weighted by Gasteiger charge is -2.05. The second-order valence-corrected chi connectivity index (χ2v) is 3.61. The van der Waals surface area contributed by atoms with E-state index in [2.05, 4.69) is 9.97 Å². The molecule has 0 saturated carbocycles. The van der Waals surface area contributed by atoms with Crippen molar-refractivity contribution in [3.63, 3.8) is 0 Å². The molecule has 0 saturated heterocycles. The Balaban J connectivity index is 2.61. The molecule has 0 aliphatic heterocycles. The van der Waals surface area contributed by atoms with Crippen molar-refractivity contribution in [2.24, 2.45) is 0 Å². The molecule has 0 aliphatic rings. The Labute approximate surface area is 95.9 Å². The summed E-state index contributed by atoms with van der Waals surface area (Å²) in [6.45, 7) is 1.50. The molecular weight excluding hydrogens is 234 g/mol. The Kier molecular flexibility index (Phi) is 2.83. The van der Waals surface area contributed by atoms with Gasteiger partial charge in [0.25, 0.3) is 0 Å². The number of aryl methyl sites for hydroxylation is 1. The van der Waals surface area contributed by atoms with E-state index in [-0.39, 0.29) is 22.1 Å². The van der Waals surface area contributed by atoms with E-state index >= 15 is 0 Å². The van der Waals surface area contributed by atoms with Crippen molar-refractivity contribution < 1.29 is 8.78 Å². The molecule has 0 fully saturated rings. The average Bonchev–Trinajstić information content (AvgIpc) is 2.26. The van der Waals surface area contributed by atoms with Gasteiger partial charge in [-0.05, 0) is 36.2 Å². The fraction of sp³-hybridized carbons (Fsp3) is 0.0909. The first-order valence-corrected chi connectivity index (χ1v) is 4.91. The maximum atomic E-state index is 13.6. The number of hydrogen-bond acceptors (Lipinski definition) is 2. The smallest absolute Gasteiger partial charge is 0.222 e. The lowest BCUT2D eigenvalue weighted by atomic mass is 10.1. The van der Waals surface area contributed by atoms with Gasteiger partial charge in [0.05, 0.1) is 5.69 Å². The first kappa shape index (κ1) is 11.0. The number of hydrogen-bond donors (Lipinski definition) is 0. The third kappa shape index (κ3) is 1.88. The van der Waals surface area contributed by atoms with E-state index in [1.165, 1.54) is 31.3 Å². The highest BCUT2D eigenvalue weighted by atomic mass is 35.5. The van der Waals surface area contributed by atoms with E-state index in [0.717, 1.165) is 0 Å². The maximum Gasteiger partial charge on any atom is 0.222 e. The van der Waals surface area contributed by atoms with Crippen molar-refractivity contribution in [2.45, 2.75) is 6.92 Å². The molecule has 16 heavy (non-hydrogen) atoms. The van der Waals surface area contributed by atoms with E-state index in [1.54, 1.807) is 0 Å². The summed E-state index contributed by atoms with van der Waals surface area (Å²) in [6.07, 6.45) is 1.39. The predicted molar refractivity (Wildman–Crippen MR) is 57.1 cm³/mol. The van der Waals surface area contributed by atoms with Crippen molar-refractivity contribution in [1.82, 2.24) is 9.97 Å². The van der Waals surface area contributed by atoms with Crippen LogP contribution in [-0.2, 0) is 0 Å². The van der Waals surface area contributed by atoms with Crippen LogP contribution in [0, 0.1) is 18.6 Å². The second kappa shape index (κ2) is 4.14. The molecule has 0 radical (unpaired) electrons. The minimum Gasteiger partial charge on any atom is -0.226 e. The van der Waals surface area contributed by atoms with Crippen molar-refractivity contribution in [3.05, 3.63) is 46.9 Å². The van der Waals surface area contributed by atoms with Gasteiger partial charge >= 0.3 is 0 Å². The summed E-state index contributed by atoms with van der Waals surface area (Å²) in [5.41, 5.74) is 0.588. The van der Waals surface area contributed by atoms with Gasteiger partial charge in [0.15, 0.2) is 11.6 Å². The highest BCUT2D eigenvalue weighted by molar-refractivity contribution is 6.28. The van der Waals surface area contributed by atoms with Crippen LogP contribution in [-0.4, -0.2) is 9.97 Å². The monoisotopic (exact) mass is 240 g/mol. The molecule has 0 amide bonds. The molecule has 0 atom stereocenters. The second-order valence-electron chi connectivity index (χ2n) is 3.27. The predicted octanol–water partition coefficient (Wildman–Crippen LogP) is 3.38. The molecule has 0 unspecified atom stereocenters. The Morgan fingerprint density at radius 2 is 1.88 bits per heavy atom. The van der Waals surface area contributed by atoms with E-state index in [1.807, 2.05) is 0 Å². The summed E-state index contributed by atoms with van der Waals surface area (Å²) >= 11 is 5.58. The Hall–Kier alpha value is -1.55. The summed E-state index contributed by atoms with van der Waals surface area (Å²) in [4.78, 5) is 7.50. The molecule has 0 bridgehead atoms. The average molecular weight is 241 g/mol. The molecule has 1 heterocycles. The molecule has 2 nitrogen and oxygen atoms in total. The van der Waals surface area contributed by atoms with Gasteiger partial charge in [0.2, 0.25) is 5.28 Å². The van der Waals surface area contributed by atoms with E-state index in [0.29, 0.717) is 0 Å². The molecule has 1 aromatic heterocycles. The minimum atomic E-state index is -0.922. The zero-order valence-corrected chi connectivity index (χ0v) is 9.09. The minimum absolute atomic E-state index is 0.00196. The topological polar surface area (TPSA) is 25.8 Å². The zero-order chi connectivity index (χ0) is 11.7.